The molecule has 10 rings (SSSR count). The molecule has 0 unspecified atom stereocenters. The Kier molecular flexibility index (Phi) is 8.30. The molecule has 0 saturated heterocycles. The normalized spacial score (nSPS) is 11.1. The molecule has 0 radical (unpaired) electrons. The zero-order valence-corrected chi connectivity index (χ0v) is 29.3. The van der Waals surface area contributed by atoms with Gasteiger partial charge in [0.25, 0.3) is 0 Å². The van der Waals surface area contributed by atoms with Gasteiger partial charge in [-0.2, -0.15) is 24.3 Å². The molecule has 2 aromatic heterocycles. The Morgan fingerprint density at radius 3 is 1.02 bits per heavy atom. The molecule has 2 nitrogen and oxygen atoms in total. The molecule has 0 aliphatic rings. The number of para-hydroxylation sites is 4. The molecule has 0 bridgehead atoms. The molecule has 0 atom stereocenters. The summed E-state index contributed by atoms with van der Waals surface area (Å²) in [7, 11) is 9.87. The first kappa shape index (κ1) is 30.0. The number of aromatic nitrogens is 2. The van der Waals surface area contributed by atoms with Crippen LogP contribution in [0.4, 0.5) is 0 Å². The molecule has 0 spiro atoms. The first-order valence-corrected chi connectivity index (χ1v) is 21.8. The predicted octanol–water partition coefficient (Wildman–Crippen LogP) is 12.7. The third-order valence-electron chi connectivity index (χ3n) is 8.95. The number of hydrogen-bond acceptors (Lipinski definition) is 0. The summed E-state index contributed by atoms with van der Waals surface area (Å²) >= 11 is -0.826. The van der Waals surface area contributed by atoms with Crippen LogP contribution in [0.2, 0.25) is 0 Å². The summed E-state index contributed by atoms with van der Waals surface area (Å²) in [6.07, 6.45) is 0. The van der Waals surface area contributed by atoms with Gasteiger partial charge in [0.05, 0.1) is 22.1 Å². The average Bonchev–Trinajstić information content (AvgIpc) is 3.92. The van der Waals surface area contributed by atoms with Crippen LogP contribution in [0.1, 0.15) is 0 Å². The Balaban J connectivity index is 0.000000128. The van der Waals surface area contributed by atoms with Crippen LogP contribution in [0.15, 0.2) is 170 Å². The molecule has 0 fully saturated rings. The first-order chi connectivity index (χ1) is 23.3. The Labute approximate surface area is 291 Å². The van der Waals surface area contributed by atoms with Gasteiger partial charge in [0, 0.05) is 32.9 Å². The van der Waals surface area contributed by atoms with Crippen molar-refractivity contribution in [2.75, 3.05) is 0 Å². The largest absolute Gasteiger partial charge is 0.318 e. The third kappa shape index (κ3) is 5.24. The molecule has 47 heavy (non-hydrogen) atoms. The van der Waals surface area contributed by atoms with Crippen LogP contribution in [0.25, 0.3) is 76.5 Å². The molecule has 224 valence electrons. The molecule has 5 heteroatoms. The second kappa shape index (κ2) is 13.0. The molecule has 0 aliphatic carbocycles. The number of halogens is 2. The van der Waals surface area contributed by atoms with Gasteiger partial charge in [-0.05, 0) is 24.3 Å². The van der Waals surface area contributed by atoms with E-state index < -0.39 is 20.8 Å². The van der Waals surface area contributed by atoms with Gasteiger partial charge in [-0.25, -0.2) is 0 Å². The quantitative estimate of drug-likeness (QED) is 0.157. The van der Waals surface area contributed by atoms with Crippen LogP contribution < -0.4 is 0 Å². The molecular weight excluding hydrogens is 695 g/mol. The van der Waals surface area contributed by atoms with Crippen LogP contribution in [-0.2, 0) is 20.8 Å². The SMILES string of the molecule is [Cl][Zr+2][Cl].c1cc(-n2c3ccccc3c3ccccc32)c2cc[cH-]c2c1.c1cc(-n2c3ccccc3c3ccccc32)c2cc[cH-]c2c1. The van der Waals surface area contributed by atoms with E-state index in [9.17, 15) is 0 Å². The van der Waals surface area contributed by atoms with Gasteiger partial charge in [-0.15, -0.1) is 57.9 Å². The van der Waals surface area contributed by atoms with Crippen molar-refractivity contribution >= 4 is 82.2 Å². The number of hydrogen-bond donors (Lipinski definition) is 0. The second-order valence-corrected chi connectivity index (χ2v) is 15.2. The van der Waals surface area contributed by atoms with Crippen LogP contribution in [0.5, 0.6) is 0 Å². The fourth-order valence-corrected chi connectivity index (χ4v) is 7.04. The van der Waals surface area contributed by atoms with E-state index >= 15 is 0 Å². The van der Waals surface area contributed by atoms with Crippen LogP contribution in [0.3, 0.4) is 0 Å². The van der Waals surface area contributed by atoms with Gasteiger partial charge in [-0.3, -0.25) is 0 Å². The van der Waals surface area contributed by atoms with Gasteiger partial charge in [0.1, 0.15) is 0 Å². The van der Waals surface area contributed by atoms with Gasteiger partial charge in [-0.1, -0.05) is 84.9 Å². The summed E-state index contributed by atoms with van der Waals surface area (Å²) in [4.78, 5) is 0. The number of nitrogens with zero attached hydrogens (tertiary/aromatic N) is 2. The fraction of sp³-hybridized carbons (Fsp3) is 0. The molecular formula is C42H28Cl2N2Zr. The Bertz CT molecular complexity index is 2360. The van der Waals surface area contributed by atoms with Gasteiger partial charge in [0.15, 0.2) is 0 Å². The monoisotopic (exact) mass is 720 g/mol. The summed E-state index contributed by atoms with van der Waals surface area (Å²) in [6, 6.07) is 60.6. The summed E-state index contributed by atoms with van der Waals surface area (Å²) in [5.74, 6) is 0. The van der Waals surface area contributed by atoms with Gasteiger partial charge in [0.2, 0.25) is 0 Å². The average molecular weight is 723 g/mol. The molecule has 10 aromatic rings. The number of benzene rings is 6. The van der Waals surface area contributed by atoms with E-state index in [0.29, 0.717) is 0 Å². The maximum atomic E-state index is 4.93. The number of fused-ring (bicyclic) bond motifs is 8. The number of rotatable bonds is 2. The summed E-state index contributed by atoms with van der Waals surface area (Å²) < 4.78 is 4.76. The second-order valence-electron chi connectivity index (χ2n) is 11.4. The Morgan fingerprint density at radius 1 is 0.362 bits per heavy atom. The van der Waals surface area contributed by atoms with Crippen LogP contribution in [0, 0.1) is 0 Å². The van der Waals surface area contributed by atoms with Gasteiger partial charge < -0.3 is 9.13 Å². The van der Waals surface area contributed by atoms with Crippen molar-refractivity contribution in [3.05, 3.63) is 170 Å². The van der Waals surface area contributed by atoms with Crippen molar-refractivity contribution in [1.29, 1.82) is 0 Å². The Morgan fingerprint density at radius 2 is 0.681 bits per heavy atom. The van der Waals surface area contributed by atoms with Crippen molar-refractivity contribution in [1.82, 2.24) is 9.13 Å². The molecule has 0 saturated carbocycles. The smallest absolute Gasteiger partial charge is 0.0532 e. The van der Waals surface area contributed by atoms with Crippen LogP contribution >= 0.6 is 17.0 Å². The van der Waals surface area contributed by atoms with E-state index in [2.05, 4.69) is 179 Å². The van der Waals surface area contributed by atoms with Crippen molar-refractivity contribution < 1.29 is 20.8 Å². The van der Waals surface area contributed by atoms with Crippen molar-refractivity contribution in [3.63, 3.8) is 0 Å². The van der Waals surface area contributed by atoms with E-state index in [1.807, 2.05) is 0 Å². The third-order valence-corrected chi connectivity index (χ3v) is 8.95. The van der Waals surface area contributed by atoms with E-state index in [1.165, 1.54) is 76.5 Å². The Hall–Kier alpha value is -4.40. The topological polar surface area (TPSA) is 9.86 Å². The van der Waals surface area contributed by atoms with E-state index in [1.54, 1.807) is 0 Å². The van der Waals surface area contributed by atoms with Crippen molar-refractivity contribution in [2.45, 2.75) is 0 Å². The standard InChI is InChI=1S/2C21H14N.2ClH.Zr/c2*1-3-12-20-17(9-1)18-10-2-4-13-21(18)22(20)19-14-6-8-15-7-5-11-16(15)19;;;/h2*1-14H;2*1H;/q2*-1;;;+4/p-2. The van der Waals surface area contributed by atoms with E-state index in [-0.39, 0.29) is 0 Å². The maximum Gasteiger partial charge on any atom is 0.0532 e. The molecule has 0 amide bonds. The van der Waals surface area contributed by atoms with Crippen LogP contribution in [-0.4, -0.2) is 9.13 Å². The van der Waals surface area contributed by atoms with E-state index in [4.69, 9.17) is 17.0 Å². The minimum Gasteiger partial charge on any atom is -0.318 e. The minimum atomic E-state index is -0.826. The minimum absolute atomic E-state index is 0.826. The molecule has 2 heterocycles. The summed E-state index contributed by atoms with van der Waals surface area (Å²) in [6.45, 7) is 0. The zero-order valence-electron chi connectivity index (χ0n) is 25.3. The van der Waals surface area contributed by atoms with Crippen molar-refractivity contribution in [2.24, 2.45) is 0 Å². The summed E-state index contributed by atoms with van der Waals surface area (Å²) in [5, 5.41) is 10.4. The summed E-state index contributed by atoms with van der Waals surface area (Å²) in [5.41, 5.74) is 7.55. The first-order valence-electron chi connectivity index (χ1n) is 15.5. The van der Waals surface area contributed by atoms with Crippen molar-refractivity contribution in [3.8, 4) is 11.4 Å². The predicted molar refractivity (Wildman–Crippen MR) is 199 cm³/mol. The molecule has 0 aliphatic heterocycles. The maximum absolute atomic E-state index is 4.93. The van der Waals surface area contributed by atoms with E-state index in [0.717, 1.165) is 0 Å². The molecule has 0 N–H and O–H groups in total. The van der Waals surface area contributed by atoms with Gasteiger partial charge >= 0.3 is 37.9 Å². The fourth-order valence-electron chi connectivity index (χ4n) is 7.04. The molecule has 8 aromatic carbocycles. The zero-order chi connectivity index (χ0) is 31.7.